The predicted octanol–water partition coefficient (Wildman–Crippen LogP) is 2.94. The Kier molecular flexibility index (Phi) is 6.12. The second kappa shape index (κ2) is 8.84. The van der Waals surface area contributed by atoms with E-state index in [2.05, 4.69) is 10.6 Å². The Morgan fingerprint density at radius 1 is 1.16 bits per heavy atom. The minimum atomic E-state index is -1.01. The highest BCUT2D eigenvalue weighted by Gasteiger charge is 2.58. The Bertz CT molecular complexity index is 1020. The number of hydrogen-bond donors (Lipinski definition) is 2. The van der Waals surface area contributed by atoms with E-state index >= 15 is 0 Å². The topological polar surface area (TPSA) is 81.3 Å². The first-order valence-electron chi connectivity index (χ1n) is 10.3. The van der Waals surface area contributed by atoms with Gasteiger partial charge in [-0.2, -0.15) is 0 Å². The maximum absolute atomic E-state index is 13.6. The number of nitrogens with one attached hydrogen (secondary N) is 2. The lowest BCUT2D eigenvalue weighted by Gasteiger charge is -2.56. The summed E-state index contributed by atoms with van der Waals surface area (Å²) in [4.78, 5) is 15.5. The second-order valence-corrected chi connectivity index (χ2v) is 8.21. The van der Waals surface area contributed by atoms with Crippen LogP contribution in [0.3, 0.4) is 0 Å². The average molecular weight is 458 g/mol. The van der Waals surface area contributed by atoms with Gasteiger partial charge < -0.3 is 34.5 Å². The van der Waals surface area contributed by atoms with Gasteiger partial charge in [-0.3, -0.25) is 4.79 Å². The largest absolute Gasteiger partial charge is 0.497 e. The smallest absolute Gasteiger partial charge is 0.236 e. The summed E-state index contributed by atoms with van der Waals surface area (Å²) in [7, 11) is 4.83. The summed E-state index contributed by atoms with van der Waals surface area (Å²) in [6, 6.07) is 12.4. The molecule has 1 amide bonds. The highest BCUT2D eigenvalue weighted by atomic mass is 32.1. The molecule has 0 unspecified atom stereocenters. The number of amides is 1. The van der Waals surface area contributed by atoms with Gasteiger partial charge in [0.15, 0.2) is 10.8 Å². The van der Waals surface area contributed by atoms with E-state index in [0.29, 0.717) is 41.2 Å². The summed E-state index contributed by atoms with van der Waals surface area (Å²) in [5, 5.41) is 6.89. The number of methoxy groups -OCH3 is 3. The summed E-state index contributed by atoms with van der Waals surface area (Å²) >= 11 is 5.66. The number of carbonyl (C=O) groups excluding carboxylic acids is 1. The molecule has 3 atom stereocenters. The minimum Gasteiger partial charge on any atom is -0.497 e. The second-order valence-electron chi connectivity index (χ2n) is 7.83. The summed E-state index contributed by atoms with van der Waals surface area (Å²) in [5.74, 6) is 1.29. The molecule has 32 heavy (non-hydrogen) atoms. The van der Waals surface area contributed by atoms with E-state index in [1.165, 1.54) is 0 Å². The molecule has 1 fully saturated rings. The lowest BCUT2D eigenvalue weighted by molar-refractivity contribution is -0.150. The highest BCUT2D eigenvalue weighted by Crippen LogP contribution is 2.49. The minimum absolute atomic E-state index is 0.187. The molecule has 8 nitrogen and oxygen atoms in total. The lowest BCUT2D eigenvalue weighted by Crippen LogP contribution is -2.72. The van der Waals surface area contributed by atoms with Crippen LogP contribution in [0, 0.1) is 5.92 Å². The SMILES string of the molecule is COCCN1C(=S)N[C@@H]2c3cc(OC)ccc3O[C@@]1(C)[C@H]2C(=O)Nc1ccc(OC)cc1. The van der Waals surface area contributed by atoms with E-state index in [0.717, 1.165) is 5.56 Å². The molecule has 2 heterocycles. The van der Waals surface area contributed by atoms with Gasteiger partial charge in [0.2, 0.25) is 5.91 Å². The molecule has 0 aromatic heterocycles. The molecule has 170 valence electrons. The molecule has 2 aromatic rings. The van der Waals surface area contributed by atoms with Gasteiger partial charge in [0, 0.05) is 24.9 Å². The molecule has 0 radical (unpaired) electrons. The van der Waals surface area contributed by atoms with Crippen LogP contribution >= 0.6 is 12.2 Å². The molecule has 0 spiro atoms. The van der Waals surface area contributed by atoms with Gasteiger partial charge in [-0.15, -0.1) is 0 Å². The fraction of sp³-hybridized carbons (Fsp3) is 0.391. The Labute approximate surface area is 192 Å². The number of hydrogen-bond acceptors (Lipinski definition) is 6. The normalized spacial score (nSPS) is 23.5. The van der Waals surface area contributed by atoms with Gasteiger partial charge >= 0.3 is 0 Å². The lowest BCUT2D eigenvalue weighted by atomic mass is 9.78. The fourth-order valence-corrected chi connectivity index (χ4v) is 4.76. The quantitative estimate of drug-likeness (QED) is 0.615. The van der Waals surface area contributed by atoms with E-state index in [9.17, 15) is 4.79 Å². The van der Waals surface area contributed by atoms with Crippen LogP contribution in [-0.4, -0.2) is 56.1 Å². The van der Waals surface area contributed by atoms with Crippen molar-refractivity contribution in [1.29, 1.82) is 0 Å². The first kappa shape index (κ1) is 22.2. The molecule has 1 saturated heterocycles. The summed E-state index contributed by atoms with van der Waals surface area (Å²) in [6.07, 6.45) is 0. The number of ether oxygens (including phenoxy) is 4. The van der Waals surface area contributed by atoms with Gasteiger partial charge in [-0.05, 0) is 61.6 Å². The summed E-state index contributed by atoms with van der Waals surface area (Å²) in [5.41, 5.74) is 0.481. The third-order valence-electron chi connectivity index (χ3n) is 6.00. The third kappa shape index (κ3) is 3.82. The van der Waals surface area contributed by atoms with Crippen molar-refractivity contribution >= 4 is 28.9 Å². The van der Waals surface area contributed by atoms with Crippen LogP contribution < -0.4 is 24.8 Å². The van der Waals surface area contributed by atoms with Crippen LogP contribution in [0.25, 0.3) is 0 Å². The summed E-state index contributed by atoms with van der Waals surface area (Å²) < 4.78 is 22.4. The standard InChI is InChI=1S/C23H27N3O5S/c1-23-19(21(27)24-14-5-7-15(29-3)8-6-14)20(25-22(32)26(23)11-12-28-2)17-13-16(30-4)9-10-18(17)31-23/h5-10,13,19-20H,11-12H2,1-4H3,(H,24,27)(H,25,32)/t19-,20-,23+/m1/s1. The molecule has 2 aromatic carbocycles. The van der Waals surface area contributed by atoms with Crippen LogP contribution in [0.2, 0.25) is 0 Å². The molecule has 2 aliphatic heterocycles. The first-order valence-corrected chi connectivity index (χ1v) is 10.7. The van der Waals surface area contributed by atoms with Crippen LogP contribution in [-0.2, 0) is 9.53 Å². The molecule has 2 aliphatic rings. The van der Waals surface area contributed by atoms with Crippen molar-refractivity contribution < 1.29 is 23.7 Å². The predicted molar refractivity (Wildman–Crippen MR) is 124 cm³/mol. The van der Waals surface area contributed by atoms with Crippen LogP contribution in [0.1, 0.15) is 18.5 Å². The molecule has 4 rings (SSSR count). The number of anilines is 1. The monoisotopic (exact) mass is 457 g/mol. The number of benzene rings is 2. The number of nitrogens with zero attached hydrogens (tertiary/aromatic N) is 1. The number of rotatable bonds is 7. The Balaban J connectivity index is 1.73. The Morgan fingerprint density at radius 2 is 1.84 bits per heavy atom. The van der Waals surface area contributed by atoms with E-state index in [1.807, 2.05) is 30.0 Å². The zero-order valence-electron chi connectivity index (χ0n) is 18.5. The number of carbonyl (C=O) groups is 1. The van der Waals surface area contributed by atoms with E-state index in [-0.39, 0.29) is 11.9 Å². The zero-order chi connectivity index (χ0) is 22.9. The van der Waals surface area contributed by atoms with Gasteiger partial charge in [-0.1, -0.05) is 0 Å². The highest BCUT2D eigenvalue weighted by molar-refractivity contribution is 7.80. The molecular formula is C23H27N3O5S. The van der Waals surface area contributed by atoms with Crippen LogP contribution in [0.5, 0.6) is 17.2 Å². The molecule has 0 aliphatic carbocycles. The van der Waals surface area contributed by atoms with Gasteiger partial charge in [0.05, 0.1) is 26.9 Å². The maximum atomic E-state index is 13.6. The number of fused-ring (bicyclic) bond motifs is 4. The molecule has 2 bridgehead atoms. The van der Waals surface area contributed by atoms with Crippen molar-refractivity contribution in [2.75, 3.05) is 39.8 Å². The molecule has 2 N–H and O–H groups in total. The van der Waals surface area contributed by atoms with Gasteiger partial charge in [0.25, 0.3) is 0 Å². The molecular weight excluding hydrogens is 430 g/mol. The number of thiocarbonyl (C=S) groups is 1. The fourth-order valence-electron chi connectivity index (χ4n) is 4.36. The van der Waals surface area contributed by atoms with Gasteiger partial charge in [0.1, 0.15) is 23.2 Å². The van der Waals surface area contributed by atoms with E-state index in [1.54, 1.807) is 45.6 Å². The van der Waals surface area contributed by atoms with E-state index < -0.39 is 11.6 Å². The van der Waals surface area contributed by atoms with Gasteiger partial charge in [-0.25, -0.2) is 0 Å². The summed E-state index contributed by atoms with van der Waals surface area (Å²) in [6.45, 7) is 2.81. The van der Waals surface area contributed by atoms with Crippen LogP contribution in [0.15, 0.2) is 42.5 Å². The van der Waals surface area contributed by atoms with Crippen molar-refractivity contribution in [2.24, 2.45) is 5.92 Å². The van der Waals surface area contributed by atoms with Crippen molar-refractivity contribution in [2.45, 2.75) is 18.7 Å². The Hall–Kier alpha value is -3.04. The first-order chi connectivity index (χ1) is 15.4. The van der Waals surface area contributed by atoms with Crippen molar-refractivity contribution in [3.8, 4) is 17.2 Å². The van der Waals surface area contributed by atoms with Crippen molar-refractivity contribution in [1.82, 2.24) is 10.2 Å². The average Bonchev–Trinajstić information content (AvgIpc) is 2.78. The Morgan fingerprint density at radius 3 is 2.50 bits per heavy atom. The van der Waals surface area contributed by atoms with Crippen LogP contribution in [0.4, 0.5) is 5.69 Å². The van der Waals surface area contributed by atoms with Crippen molar-refractivity contribution in [3.05, 3.63) is 48.0 Å². The molecule has 0 saturated carbocycles. The zero-order valence-corrected chi connectivity index (χ0v) is 19.3. The van der Waals surface area contributed by atoms with E-state index in [4.69, 9.17) is 31.2 Å². The third-order valence-corrected chi connectivity index (χ3v) is 6.34. The maximum Gasteiger partial charge on any atom is 0.236 e. The molecule has 9 heteroatoms. The van der Waals surface area contributed by atoms with Crippen molar-refractivity contribution in [3.63, 3.8) is 0 Å².